The Morgan fingerprint density at radius 1 is 1.00 bits per heavy atom. The van der Waals surface area contributed by atoms with Crippen molar-refractivity contribution in [3.05, 3.63) is 65.5 Å². The van der Waals surface area contributed by atoms with Gasteiger partial charge >= 0.3 is 0 Å². The van der Waals surface area contributed by atoms with Crippen molar-refractivity contribution < 1.29 is 9.13 Å². The van der Waals surface area contributed by atoms with Gasteiger partial charge in [-0.2, -0.15) is 0 Å². The molecule has 4 heteroatoms. The Morgan fingerprint density at radius 2 is 1.72 bits per heavy atom. The van der Waals surface area contributed by atoms with E-state index in [1.54, 1.807) is 12.1 Å². The normalized spacial score (nSPS) is 11.0. The van der Waals surface area contributed by atoms with Gasteiger partial charge < -0.3 is 15.0 Å². The number of nitrogens with one attached hydrogen (secondary N) is 1. The van der Waals surface area contributed by atoms with Crippen molar-refractivity contribution in [3.8, 4) is 5.75 Å². The second kappa shape index (κ2) is 10.9. The highest BCUT2D eigenvalue weighted by Crippen LogP contribution is 2.19. The molecule has 2 aromatic rings. The highest BCUT2D eigenvalue weighted by molar-refractivity contribution is 5.33. The molecule has 0 aliphatic carbocycles. The number of ether oxygens (including phenoxy) is 1. The smallest absolute Gasteiger partial charge is 0.124 e. The molecular formula is C21H29FN2O. The first kappa shape index (κ1) is 19.4. The number of benzene rings is 2. The Hall–Kier alpha value is -1.91. The van der Waals surface area contributed by atoms with Gasteiger partial charge in [-0.15, -0.1) is 0 Å². The third kappa shape index (κ3) is 6.85. The summed E-state index contributed by atoms with van der Waals surface area (Å²) in [6, 6.07) is 14.5. The van der Waals surface area contributed by atoms with Crippen LogP contribution < -0.4 is 10.1 Å². The minimum atomic E-state index is -0.224. The predicted octanol–water partition coefficient (Wildman–Crippen LogP) is 4.23. The average molecular weight is 344 g/mol. The molecule has 1 N–H and O–H groups in total. The van der Waals surface area contributed by atoms with Crippen LogP contribution in [-0.2, 0) is 13.2 Å². The zero-order valence-corrected chi connectivity index (χ0v) is 15.3. The monoisotopic (exact) mass is 344 g/mol. The number of nitrogens with zero attached hydrogens (tertiary/aromatic N) is 1. The second-order valence-electron chi connectivity index (χ2n) is 6.08. The number of para-hydroxylation sites is 1. The molecule has 3 nitrogen and oxygen atoms in total. The van der Waals surface area contributed by atoms with E-state index in [1.165, 1.54) is 12.1 Å². The Kier molecular flexibility index (Phi) is 8.43. The summed E-state index contributed by atoms with van der Waals surface area (Å²) in [6.07, 6.45) is 1.14. The quantitative estimate of drug-likeness (QED) is 0.618. The van der Waals surface area contributed by atoms with Gasteiger partial charge in [-0.25, -0.2) is 4.39 Å². The highest BCUT2D eigenvalue weighted by atomic mass is 19.1. The van der Waals surface area contributed by atoms with Crippen molar-refractivity contribution in [3.63, 3.8) is 0 Å². The minimum Gasteiger partial charge on any atom is -0.489 e. The van der Waals surface area contributed by atoms with E-state index in [2.05, 4.69) is 30.1 Å². The van der Waals surface area contributed by atoms with Crippen LogP contribution in [0.3, 0.4) is 0 Å². The van der Waals surface area contributed by atoms with Gasteiger partial charge in [0.15, 0.2) is 0 Å². The van der Waals surface area contributed by atoms with Crippen LogP contribution in [0.4, 0.5) is 4.39 Å². The summed E-state index contributed by atoms with van der Waals surface area (Å²) >= 11 is 0. The van der Waals surface area contributed by atoms with Gasteiger partial charge in [0.2, 0.25) is 0 Å². The molecule has 0 fully saturated rings. The summed E-state index contributed by atoms with van der Waals surface area (Å²) in [6.45, 7) is 9.97. The van der Waals surface area contributed by atoms with Gasteiger partial charge in [-0.3, -0.25) is 0 Å². The van der Waals surface area contributed by atoms with E-state index in [-0.39, 0.29) is 5.82 Å². The topological polar surface area (TPSA) is 24.5 Å². The molecule has 0 saturated carbocycles. The summed E-state index contributed by atoms with van der Waals surface area (Å²) in [5, 5.41) is 3.50. The lowest BCUT2D eigenvalue weighted by Gasteiger charge is -2.18. The summed E-state index contributed by atoms with van der Waals surface area (Å²) in [5.41, 5.74) is 2.11. The Balaban J connectivity index is 1.78. The van der Waals surface area contributed by atoms with Gasteiger partial charge in [-0.05, 0) is 56.4 Å². The predicted molar refractivity (Wildman–Crippen MR) is 101 cm³/mol. The third-order valence-corrected chi connectivity index (χ3v) is 4.32. The summed E-state index contributed by atoms with van der Waals surface area (Å²) in [7, 11) is 0. The fraction of sp³-hybridized carbons (Fsp3) is 0.429. The molecule has 0 saturated heterocycles. The zero-order chi connectivity index (χ0) is 17.9. The molecule has 0 atom stereocenters. The lowest BCUT2D eigenvalue weighted by molar-refractivity contribution is 0.295. The molecule has 0 heterocycles. The van der Waals surface area contributed by atoms with E-state index < -0.39 is 0 Å². The summed E-state index contributed by atoms with van der Waals surface area (Å²) < 4.78 is 18.9. The van der Waals surface area contributed by atoms with Crippen LogP contribution in [0.1, 0.15) is 31.4 Å². The molecule has 0 radical (unpaired) electrons. The van der Waals surface area contributed by atoms with Gasteiger partial charge in [-0.1, -0.05) is 44.2 Å². The standard InChI is InChI=1S/C21H29FN2O/c1-3-24(4-2)15-7-14-23-16-19-8-5-6-9-21(19)25-17-18-10-12-20(22)13-11-18/h5-6,8-13,23H,3-4,7,14-17H2,1-2H3. The van der Waals surface area contributed by atoms with Crippen LogP contribution in [0.25, 0.3) is 0 Å². The number of hydrogen-bond donors (Lipinski definition) is 1. The van der Waals surface area contributed by atoms with E-state index >= 15 is 0 Å². The lowest BCUT2D eigenvalue weighted by Crippen LogP contribution is -2.27. The Morgan fingerprint density at radius 3 is 2.44 bits per heavy atom. The summed E-state index contributed by atoms with van der Waals surface area (Å²) in [4.78, 5) is 2.43. The molecule has 0 aliphatic rings. The van der Waals surface area contributed by atoms with Crippen LogP contribution in [-0.4, -0.2) is 31.1 Å². The van der Waals surface area contributed by atoms with E-state index in [1.807, 2.05) is 18.2 Å². The van der Waals surface area contributed by atoms with Gasteiger partial charge in [0, 0.05) is 12.1 Å². The molecule has 0 aliphatic heterocycles. The molecule has 0 spiro atoms. The molecule has 0 amide bonds. The van der Waals surface area contributed by atoms with Crippen LogP contribution in [0, 0.1) is 5.82 Å². The number of rotatable bonds is 11. The van der Waals surface area contributed by atoms with Crippen molar-refractivity contribution in [2.24, 2.45) is 0 Å². The Labute approximate surface area is 150 Å². The molecule has 2 rings (SSSR count). The largest absolute Gasteiger partial charge is 0.489 e. The van der Waals surface area contributed by atoms with Crippen molar-refractivity contribution in [1.29, 1.82) is 0 Å². The van der Waals surface area contributed by atoms with Gasteiger partial charge in [0.25, 0.3) is 0 Å². The zero-order valence-electron chi connectivity index (χ0n) is 15.3. The van der Waals surface area contributed by atoms with E-state index in [0.717, 1.165) is 56.0 Å². The maximum atomic E-state index is 13.0. The second-order valence-corrected chi connectivity index (χ2v) is 6.08. The lowest BCUT2D eigenvalue weighted by atomic mass is 10.2. The van der Waals surface area contributed by atoms with Crippen LogP contribution in [0.15, 0.2) is 48.5 Å². The van der Waals surface area contributed by atoms with Crippen LogP contribution in [0.5, 0.6) is 5.75 Å². The first-order valence-electron chi connectivity index (χ1n) is 9.11. The maximum Gasteiger partial charge on any atom is 0.124 e. The third-order valence-electron chi connectivity index (χ3n) is 4.32. The van der Waals surface area contributed by atoms with Gasteiger partial charge in [0.1, 0.15) is 18.2 Å². The van der Waals surface area contributed by atoms with Crippen molar-refractivity contribution >= 4 is 0 Å². The van der Waals surface area contributed by atoms with Crippen molar-refractivity contribution in [2.45, 2.75) is 33.4 Å². The van der Waals surface area contributed by atoms with E-state index in [4.69, 9.17) is 4.74 Å². The highest BCUT2D eigenvalue weighted by Gasteiger charge is 2.04. The molecule has 0 bridgehead atoms. The number of hydrogen-bond acceptors (Lipinski definition) is 3. The fourth-order valence-electron chi connectivity index (χ4n) is 2.72. The minimum absolute atomic E-state index is 0.224. The van der Waals surface area contributed by atoms with E-state index in [0.29, 0.717) is 6.61 Å². The van der Waals surface area contributed by atoms with Crippen LogP contribution >= 0.6 is 0 Å². The molecule has 2 aromatic carbocycles. The maximum absolute atomic E-state index is 13.0. The van der Waals surface area contributed by atoms with E-state index in [9.17, 15) is 4.39 Å². The SMILES string of the molecule is CCN(CC)CCCNCc1ccccc1OCc1ccc(F)cc1. The first-order chi connectivity index (χ1) is 12.2. The van der Waals surface area contributed by atoms with Crippen LogP contribution in [0.2, 0.25) is 0 Å². The van der Waals surface area contributed by atoms with Crippen molar-refractivity contribution in [2.75, 3.05) is 26.2 Å². The summed E-state index contributed by atoms with van der Waals surface area (Å²) in [5.74, 6) is 0.654. The fourth-order valence-corrected chi connectivity index (χ4v) is 2.72. The molecule has 25 heavy (non-hydrogen) atoms. The molecule has 0 unspecified atom stereocenters. The van der Waals surface area contributed by atoms with Crippen molar-refractivity contribution in [1.82, 2.24) is 10.2 Å². The Bertz CT molecular complexity index is 612. The molecular weight excluding hydrogens is 315 g/mol. The average Bonchev–Trinajstić information content (AvgIpc) is 2.65. The van der Waals surface area contributed by atoms with Gasteiger partial charge in [0.05, 0.1) is 0 Å². The number of halogens is 1. The molecule has 136 valence electrons. The first-order valence-corrected chi connectivity index (χ1v) is 9.11. The molecule has 0 aromatic heterocycles.